The molecule has 8 heteroatoms. The molecule has 3 aromatic carbocycles. The summed E-state index contributed by atoms with van der Waals surface area (Å²) in [5.74, 6) is -0.260. The van der Waals surface area contributed by atoms with Crippen molar-refractivity contribution in [1.29, 1.82) is 0 Å². The van der Waals surface area contributed by atoms with Crippen molar-refractivity contribution < 1.29 is 19.4 Å². The highest BCUT2D eigenvalue weighted by Crippen LogP contribution is 2.35. The Balaban J connectivity index is 1.46. The van der Waals surface area contributed by atoms with Crippen LogP contribution in [0.2, 0.25) is 5.02 Å². The predicted molar refractivity (Wildman–Crippen MR) is 144 cm³/mol. The van der Waals surface area contributed by atoms with Gasteiger partial charge >= 0.3 is 5.97 Å². The van der Waals surface area contributed by atoms with Gasteiger partial charge in [-0.05, 0) is 53.7 Å². The molecule has 0 aliphatic carbocycles. The molecule has 4 rings (SSSR count). The number of anilines is 1. The summed E-state index contributed by atoms with van der Waals surface area (Å²) in [6.45, 7) is 3.78. The van der Waals surface area contributed by atoms with E-state index in [4.69, 9.17) is 21.1 Å². The molecule has 2 atom stereocenters. The van der Waals surface area contributed by atoms with E-state index in [0.717, 1.165) is 44.1 Å². The van der Waals surface area contributed by atoms with E-state index in [1.54, 1.807) is 6.07 Å². The fraction of sp³-hybridized carbons (Fsp3) is 0.214. The number of halogens is 1. The largest absolute Gasteiger partial charge is 0.469 e. The van der Waals surface area contributed by atoms with Crippen LogP contribution >= 0.6 is 23.1 Å². The Kier molecular flexibility index (Phi) is 8.38. The van der Waals surface area contributed by atoms with Crippen LogP contribution < -0.4 is 5.32 Å². The molecule has 0 fully saturated rings. The number of aryl methyl sites for hydroxylation is 1. The molecule has 1 aromatic heterocycles. The molecular weight excluding hydrogens is 496 g/mol. The fourth-order valence-electron chi connectivity index (χ4n) is 3.84. The molecule has 0 aliphatic heterocycles. The Bertz CT molecular complexity index is 1320. The van der Waals surface area contributed by atoms with Crippen LogP contribution in [0.5, 0.6) is 0 Å². The maximum atomic E-state index is 11.5. The predicted octanol–water partition coefficient (Wildman–Crippen LogP) is 6.62. The number of hydrogen-bond donors (Lipinski definition) is 2. The smallest absolute Gasteiger partial charge is 0.309 e. The highest BCUT2D eigenvalue weighted by atomic mass is 35.5. The minimum absolute atomic E-state index is 0.251. The molecule has 0 bridgehead atoms. The van der Waals surface area contributed by atoms with Crippen molar-refractivity contribution in [2.75, 3.05) is 12.4 Å². The SMILES string of the molecule is COC(=O)Cc1ccc(-c2ccc(-c3nsc(C)c3NC(O)OC(C)c3ccccc3Cl)cc2)cc1. The summed E-state index contributed by atoms with van der Waals surface area (Å²) in [4.78, 5) is 12.4. The second kappa shape index (κ2) is 11.7. The molecule has 0 amide bonds. The second-order valence-corrected chi connectivity index (χ2v) is 9.67. The third-order valence-electron chi connectivity index (χ3n) is 5.83. The minimum atomic E-state index is -1.24. The van der Waals surface area contributed by atoms with E-state index in [0.29, 0.717) is 5.02 Å². The van der Waals surface area contributed by atoms with E-state index < -0.39 is 12.5 Å². The van der Waals surface area contributed by atoms with Gasteiger partial charge in [0.15, 0.2) is 0 Å². The number of rotatable bonds is 9. The van der Waals surface area contributed by atoms with Gasteiger partial charge in [0.05, 0.1) is 25.3 Å². The molecule has 0 radical (unpaired) electrons. The highest BCUT2D eigenvalue weighted by molar-refractivity contribution is 7.06. The van der Waals surface area contributed by atoms with Crippen molar-refractivity contribution in [3.63, 3.8) is 0 Å². The number of carbonyl (C=O) groups is 1. The van der Waals surface area contributed by atoms with Crippen molar-refractivity contribution in [2.45, 2.75) is 32.8 Å². The molecule has 186 valence electrons. The standard InChI is InChI=1S/C28H27ClN2O4S/c1-17(23-6-4-5-7-24(23)29)35-28(33)30-26-18(2)36-31-27(26)22-14-12-21(13-15-22)20-10-8-19(9-11-20)16-25(32)34-3/h4-15,17,28,30,33H,16H2,1-3H3. The van der Waals surface area contributed by atoms with Crippen molar-refractivity contribution >= 4 is 34.8 Å². The summed E-state index contributed by atoms with van der Waals surface area (Å²) in [7, 11) is 1.39. The summed E-state index contributed by atoms with van der Waals surface area (Å²) in [5, 5.41) is 14.2. The highest BCUT2D eigenvalue weighted by Gasteiger charge is 2.19. The normalized spacial score (nSPS) is 12.7. The van der Waals surface area contributed by atoms with Gasteiger partial charge in [-0.3, -0.25) is 4.79 Å². The lowest BCUT2D eigenvalue weighted by Crippen LogP contribution is -2.24. The molecule has 0 saturated heterocycles. The molecule has 0 spiro atoms. The number of ether oxygens (including phenoxy) is 2. The van der Waals surface area contributed by atoms with Crippen LogP contribution in [-0.4, -0.2) is 29.0 Å². The van der Waals surface area contributed by atoms with E-state index in [2.05, 4.69) is 9.69 Å². The Morgan fingerprint density at radius 1 is 1.03 bits per heavy atom. The van der Waals surface area contributed by atoms with Gasteiger partial charge in [0, 0.05) is 15.5 Å². The summed E-state index contributed by atoms with van der Waals surface area (Å²) >= 11 is 7.61. The van der Waals surface area contributed by atoms with Crippen LogP contribution in [0.3, 0.4) is 0 Å². The number of methoxy groups -OCH3 is 1. The Labute approximate surface area is 219 Å². The monoisotopic (exact) mass is 522 g/mol. The summed E-state index contributed by atoms with van der Waals surface area (Å²) in [6.07, 6.45) is -1.40. The van der Waals surface area contributed by atoms with Crippen LogP contribution in [0.25, 0.3) is 22.4 Å². The van der Waals surface area contributed by atoms with Crippen LogP contribution in [0.1, 0.15) is 29.0 Å². The lowest BCUT2D eigenvalue weighted by atomic mass is 10.0. The number of benzene rings is 3. The number of nitrogens with zero attached hydrogens (tertiary/aromatic N) is 1. The zero-order valence-corrected chi connectivity index (χ0v) is 21.8. The van der Waals surface area contributed by atoms with Crippen LogP contribution in [0.4, 0.5) is 5.69 Å². The third kappa shape index (κ3) is 6.12. The van der Waals surface area contributed by atoms with Gasteiger partial charge in [-0.2, -0.15) is 4.37 Å². The van der Waals surface area contributed by atoms with Crippen LogP contribution in [0, 0.1) is 6.92 Å². The first-order valence-corrected chi connectivity index (χ1v) is 12.6. The first kappa shape index (κ1) is 25.9. The quantitative estimate of drug-likeness (QED) is 0.190. The Hall–Kier alpha value is -3.23. The van der Waals surface area contributed by atoms with E-state index in [1.807, 2.05) is 80.6 Å². The average Bonchev–Trinajstić information content (AvgIpc) is 3.24. The summed E-state index contributed by atoms with van der Waals surface area (Å²) in [5.41, 5.74) is 6.17. The van der Waals surface area contributed by atoms with Gasteiger partial charge in [0.25, 0.3) is 0 Å². The van der Waals surface area contributed by atoms with Crippen LogP contribution in [0.15, 0.2) is 72.8 Å². The average molecular weight is 523 g/mol. The summed E-state index contributed by atoms with van der Waals surface area (Å²) < 4.78 is 15.1. The third-order valence-corrected chi connectivity index (χ3v) is 6.92. The number of aromatic nitrogens is 1. The Morgan fingerprint density at radius 2 is 1.64 bits per heavy atom. The van der Waals surface area contributed by atoms with Crippen molar-refractivity contribution in [3.05, 3.63) is 93.8 Å². The molecule has 6 nitrogen and oxygen atoms in total. The van der Waals surface area contributed by atoms with E-state index in [9.17, 15) is 9.90 Å². The molecular formula is C28H27ClN2O4S. The van der Waals surface area contributed by atoms with Gasteiger partial charge in [-0.25, -0.2) is 0 Å². The number of aliphatic hydroxyl groups is 1. The first-order valence-electron chi connectivity index (χ1n) is 11.4. The van der Waals surface area contributed by atoms with Gasteiger partial charge in [-0.15, -0.1) is 0 Å². The molecule has 2 N–H and O–H groups in total. The molecule has 4 aromatic rings. The van der Waals surface area contributed by atoms with E-state index in [1.165, 1.54) is 18.6 Å². The molecule has 1 heterocycles. The zero-order valence-electron chi connectivity index (χ0n) is 20.2. The maximum Gasteiger partial charge on any atom is 0.309 e. The maximum absolute atomic E-state index is 11.5. The molecule has 0 aliphatic rings. The lowest BCUT2D eigenvalue weighted by Gasteiger charge is -2.21. The molecule has 2 unspecified atom stereocenters. The zero-order chi connectivity index (χ0) is 25.7. The number of hydrogen-bond acceptors (Lipinski definition) is 7. The van der Waals surface area contributed by atoms with Crippen LogP contribution in [-0.2, 0) is 20.7 Å². The van der Waals surface area contributed by atoms with Crippen molar-refractivity contribution in [1.82, 2.24) is 4.37 Å². The first-order chi connectivity index (χ1) is 17.4. The topological polar surface area (TPSA) is 80.7 Å². The number of nitrogens with one attached hydrogen (secondary N) is 1. The Morgan fingerprint density at radius 3 is 2.28 bits per heavy atom. The van der Waals surface area contributed by atoms with Gasteiger partial charge in [0.1, 0.15) is 5.69 Å². The fourth-order valence-corrected chi connectivity index (χ4v) is 4.80. The van der Waals surface area contributed by atoms with E-state index >= 15 is 0 Å². The minimum Gasteiger partial charge on any atom is -0.469 e. The molecule has 36 heavy (non-hydrogen) atoms. The van der Waals surface area contributed by atoms with E-state index in [-0.39, 0.29) is 12.4 Å². The second-order valence-electron chi connectivity index (χ2n) is 8.29. The number of esters is 1. The number of carbonyl (C=O) groups excluding carboxylic acids is 1. The summed E-state index contributed by atoms with van der Waals surface area (Å²) in [6, 6.07) is 23.3. The molecule has 0 saturated carbocycles. The van der Waals surface area contributed by atoms with Crippen molar-refractivity contribution in [2.24, 2.45) is 0 Å². The number of aliphatic hydroxyl groups excluding tert-OH is 1. The van der Waals surface area contributed by atoms with Gasteiger partial charge < -0.3 is 19.9 Å². The van der Waals surface area contributed by atoms with Gasteiger partial charge in [0.2, 0.25) is 6.41 Å². The van der Waals surface area contributed by atoms with Crippen molar-refractivity contribution in [3.8, 4) is 22.4 Å². The van der Waals surface area contributed by atoms with Gasteiger partial charge in [-0.1, -0.05) is 78.3 Å². The lowest BCUT2D eigenvalue weighted by molar-refractivity contribution is -0.139.